The van der Waals surface area contributed by atoms with E-state index >= 15 is 0 Å². The maximum atomic E-state index is 12.4. The molecule has 1 heterocycles. The van der Waals surface area contributed by atoms with Crippen molar-refractivity contribution in [3.8, 4) is 11.4 Å². The molecule has 27 heavy (non-hydrogen) atoms. The average Bonchev–Trinajstić information content (AvgIpc) is 3.09. The van der Waals surface area contributed by atoms with E-state index in [1.807, 2.05) is 74.0 Å². The van der Waals surface area contributed by atoms with Crippen LogP contribution in [0.3, 0.4) is 0 Å². The van der Waals surface area contributed by atoms with E-state index in [0.717, 1.165) is 34.0 Å². The summed E-state index contributed by atoms with van der Waals surface area (Å²) in [5, 5.41) is 2.94. The van der Waals surface area contributed by atoms with E-state index in [0.29, 0.717) is 6.54 Å². The molecule has 5 nitrogen and oxygen atoms in total. The summed E-state index contributed by atoms with van der Waals surface area (Å²) in [6, 6.07) is 13.9. The zero-order chi connectivity index (χ0) is 19.4. The second kappa shape index (κ2) is 8.08. The zero-order valence-electron chi connectivity index (χ0n) is 16.2. The van der Waals surface area contributed by atoms with E-state index in [2.05, 4.69) is 10.3 Å². The molecule has 0 fully saturated rings. The topological polar surface area (TPSA) is 56.1 Å². The number of hydrogen-bond donors (Lipinski definition) is 1. The minimum atomic E-state index is -0.557. The molecular formula is C22H25N3O2. The number of aryl methyl sites for hydroxylation is 2. The van der Waals surface area contributed by atoms with Crippen molar-refractivity contribution in [3.05, 3.63) is 77.4 Å². The number of ether oxygens (including phenoxy) is 1. The molecule has 3 aromatic rings. The summed E-state index contributed by atoms with van der Waals surface area (Å²) in [6.45, 7) is 8.22. The monoisotopic (exact) mass is 363 g/mol. The molecule has 0 saturated heterocycles. The SMILES string of the molecule is Cc1cccc(O[C@@H](C)C(=O)NCc2ccc(-n3ccnc3C)cc2)c1C. The third-order valence-corrected chi connectivity index (χ3v) is 4.73. The molecule has 0 radical (unpaired) electrons. The molecule has 0 bridgehead atoms. The van der Waals surface area contributed by atoms with Crippen LogP contribution in [0.2, 0.25) is 0 Å². The highest BCUT2D eigenvalue weighted by atomic mass is 16.5. The Labute approximate surface area is 160 Å². The number of rotatable bonds is 6. The predicted molar refractivity (Wildman–Crippen MR) is 106 cm³/mol. The predicted octanol–water partition coefficient (Wildman–Crippen LogP) is 3.88. The van der Waals surface area contributed by atoms with Crippen LogP contribution in [0.25, 0.3) is 5.69 Å². The number of nitrogens with zero attached hydrogens (tertiary/aromatic N) is 2. The number of carbonyl (C=O) groups is 1. The third-order valence-electron chi connectivity index (χ3n) is 4.73. The molecule has 0 aliphatic heterocycles. The van der Waals surface area contributed by atoms with Crippen LogP contribution in [-0.4, -0.2) is 21.6 Å². The van der Waals surface area contributed by atoms with E-state index in [4.69, 9.17) is 4.74 Å². The molecule has 0 saturated carbocycles. The van der Waals surface area contributed by atoms with Gasteiger partial charge < -0.3 is 14.6 Å². The van der Waals surface area contributed by atoms with E-state index in [-0.39, 0.29) is 5.91 Å². The molecule has 2 aromatic carbocycles. The van der Waals surface area contributed by atoms with Gasteiger partial charge in [0.05, 0.1) is 0 Å². The van der Waals surface area contributed by atoms with Gasteiger partial charge in [0.2, 0.25) is 0 Å². The lowest BCUT2D eigenvalue weighted by molar-refractivity contribution is -0.127. The van der Waals surface area contributed by atoms with Crippen molar-refractivity contribution < 1.29 is 9.53 Å². The van der Waals surface area contributed by atoms with Gasteiger partial charge in [0.1, 0.15) is 11.6 Å². The molecule has 1 N–H and O–H groups in total. The fourth-order valence-electron chi connectivity index (χ4n) is 2.85. The van der Waals surface area contributed by atoms with Gasteiger partial charge in [-0.25, -0.2) is 4.98 Å². The molecule has 0 aliphatic carbocycles. The number of amides is 1. The lowest BCUT2D eigenvalue weighted by Gasteiger charge is -2.17. The quantitative estimate of drug-likeness (QED) is 0.723. The largest absolute Gasteiger partial charge is 0.481 e. The van der Waals surface area contributed by atoms with Crippen LogP contribution < -0.4 is 10.1 Å². The van der Waals surface area contributed by atoms with Crippen molar-refractivity contribution in [2.24, 2.45) is 0 Å². The number of imidazole rings is 1. The van der Waals surface area contributed by atoms with Gasteiger partial charge in [-0.1, -0.05) is 24.3 Å². The van der Waals surface area contributed by atoms with Crippen molar-refractivity contribution in [2.45, 2.75) is 40.3 Å². The standard InChI is InChI=1S/C22H25N3O2/c1-15-6-5-7-21(16(15)2)27-17(3)22(26)24-14-19-8-10-20(11-9-19)25-13-12-23-18(25)4/h5-13,17H,14H2,1-4H3,(H,24,26)/t17-/m0/s1. The van der Waals surface area contributed by atoms with E-state index in [1.165, 1.54) is 0 Å². The first kappa shape index (κ1) is 18.7. The maximum absolute atomic E-state index is 12.4. The molecule has 5 heteroatoms. The lowest BCUT2D eigenvalue weighted by Crippen LogP contribution is -2.36. The summed E-state index contributed by atoms with van der Waals surface area (Å²) >= 11 is 0. The molecule has 1 atom stereocenters. The summed E-state index contributed by atoms with van der Waals surface area (Å²) in [5.41, 5.74) is 4.28. The number of nitrogens with one attached hydrogen (secondary N) is 1. The normalized spacial score (nSPS) is 11.9. The second-order valence-corrected chi connectivity index (χ2v) is 6.69. The number of carbonyl (C=O) groups excluding carboxylic acids is 1. The van der Waals surface area contributed by atoms with Crippen LogP contribution in [0.5, 0.6) is 5.75 Å². The van der Waals surface area contributed by atoms with Gasteiger partial charge in [0.15, 0.2) is 6.10 Å². The fraction of sp³-hybridized carbons (Fsp3) is 0.273. The van der Waals surface area contributed by atoms with Crippen molar-refractivity contribution >= 4 is 5.91 Å². The molecule has 1 amide bonds. The minimum Gasteiger partial charge on any atom is -0.481 e. The lowest BCUT2D eigenvalue weighted by atomic mass is 10.1. The number of hydrogen-bond acceptors (Lipinski definition) is 3. The number of benzene rings is 2. The average molecular weight is 363 g/mol. The van der Waals surface area contributed by atoms with Gasteiger partial charge in [-0.2, -0.15) is 0 Å². The van der Waals surface area contributed by atoms with Gasteiger partial charge in [-0.05, 0) is 62.6 Å². The van der Waals surface area contributed by atoms with Crippen molar-refractivity contribution in [2.75, 3.05) is 0 Å². The summed E-state index contributed by atoms with van der Waals surface area (Å²) in [6.07, 6.45) is 3.15. The Kier molecular flexibility index (Phi) is 5.60. The van der Waals surface area contributed by atoms with E-state index in [1.54, 1.807) is 13.1 Å². The molecule has 140 valence electrons. The fourth-order valence-corrected chi connectivity index (χ4v) is 2.85. The molecule has 0 unspecified atom stereocenters. The van der Waals surface area contributed by atoms with Crippen LogP contribution in [0.15, 0.2) is 54.9 Å². The summed E-state index contributed by atoms with van der Waals surface area (Å²) < 4.78 is 7.85. The highest BCUT2D eigenvalue weighted by Gasteiger charge is 2.15. The van der Waals surface area contributed by atoms with Crippen LogP contribution in [0.4, 0.5) is 0 Å². The van der Waals surface area contributed by atoms with Crippen LogP contribution >= 0.6 is 0 Å². The van der Waals surface area contributed by atoms with Gasteiger partial charge in [-0.15, -0.1) is 0 Å². The maximum Gasteiger partial charge on any atom is 0.261 e. The van der Waals surface area contributed by atoms with E-state index < -0.39 is 6.10 Å². The van der Waals surface area contributed by atoms with Crippen molar-refractivity contribution in [1.82, 2.24) is 14.9 Å². The van der Waals surface area contributed by atoms with Crippen LogP contribution in [0, 0.1) is 20.8 Å². The van der Waals surface area contributed by atoms with Gasteiger partial charge in [0, 0.05) is 24.6 Å². The van der Waals surface area contributed by atoms with E-state index in [9.17, 15) is 4.79 Å². The van der Waals surface area contributed by atoms with Gasteiger partial charge >= 0.3 is 0 Å². The Balaban J connectivity index is 1.57. The highest BCUT2D eigenvalue weighted by Crippen LogP contribution is 2.21. The van der Waals surface area contributed by atoms with Crippen molar-refractivity contribution in [3.63, 3.8) is 0 Å². The van der Waals surface area contributed by atoms with Crippen LogP contribution in [0.1, 0.15) is 29.4 Å². The molecular weight excluding hydrogens is 338 g/mol. The second-order valence-electron chi connectivity index (χ2n) is 6.69. The molecule has 3 rings (SSSR count). The Morgan fingerprint density at radius 1 is 1.15 bits per heavy atom. The Morgan fingerprint density at radius 2 is 1.89 bits per heavy atom. The first-order valence-corrected chi connectivity index (χ1v) is 9.05. The van der Waals surface area contributed by atoms with Gasteiger partial charge in [0.25, 0.3) is 5.91 Å². The Morgan fingerprint density at radius 3 is 2.56 bits per heavy atom. The number of aromatic nitrogens is 2. The molecule has 0 spiro atoms. The first-order chi connectivity index (χ1) is 13.0. The minimum absolute atomic E-state index is 0.134. The summed E-state index contributed by atoms with van der Waals surface area (Å²) in [4.78, 5) is 16.6. The highest BCUT2D eigenvalue weighted by molar-refractivity contribution is 5.80. The Bertz CT molecular complexity index is 929. The van der Waals surface area contributed by atoms with Crippen molar-refractivity contribution in [1.29, 1.82) is 0 Å². The zero-order valence-corrected chi connectivity index (χ0v) is 16.2. The van der Waals surface area contributed by atoms with Gasteiger partial charge in [-0.3, -0.25) is 4.79 Å². The smallest absolute Gasteiger partial charge is 0.261 e. The Hall–Kier alpha value is -3.08. The summed E-state index contributed by atoms with van der Waals surface area (Å²) in [7, 11) is 0. The van der Waals surface area contributed by atoms with Crippen LogP contribution in [-0.2, 0) is 11.3 Å². The summed E-state index contributed by atoms with van der Waals surface area (Å²) in [5.74, 6) is 1.55. The third kappa shape index (κ3) is 4.37. The molecule has 0 aliphatic rings. The molecule has 1 aromatic heterocycles. The first-order valence-electron chi connectivity index (χ1n) is 9.05.